The van der Waals surface area contributed by atoms with Crippen LogP contribution in [0.3, 0.4) is 0 Å². The van der Waals surface area contributed by atoms with Gasteiger partial charge in [-0.05, 0) is 87.4 Å². The maximum Gasteiger partial charge on any atom is 0.123 e. The van der Waals surface area contributed by atoms with E-state index in [1.165, 1.54) is 76.9 Å². The van der Waals surface area contributed by atoms with Gasteiger partial charge in [-0.3, -0.25) is 0 Å². The van der Waals surface area contributed by atoms with Crippen LogP contribution in [0.2, 0.25) is 0 Å². The van der Waals surface area contributed by atoms with E-state index in [1.54, 1.807) is 6.42 Å². The average Bonchev–Trinajstić information content (AvgIpc) is 2.55. The smallest absolute Gasteiger partial charge is 0.123 e. The van der Waals surface area contributed by atoms with Crippen LogP contribution in [-0.2, 0) is 4.79 Å². The topological polar surface area (TPSA) is 17.1 Å². The molecule has 0 saturated heterocycles. The highest BCUT2D eigenvalue weighted by Gasteiger charge is 2.38. The molecule has 0 aromatic carbocycles. The quantitative estimate of drug-likeness (QED) is 0.614. The highest BCUT2D eigenvalue weighted by atomic mass is 16.1. The Hall–Kier alpha value is -0.330. The molecule has 0 aliphatic heterocycles. The van der Waals surface area contributed by atoms with E-state index in [9.17, 15) is 4.79 Å². The van der Waals surface area contributed by atoms with Gasteiger partial charge in [-0.25, -0.2) is 0 Å². The fourth-order valence-electron chi connectivity index (χ4n) is 5.87. The van der Waals surface area contributed by atoms with Gasteiger partial charge in [0.25, 0.3) is 0 Å². The van der Waals surface area contributed by atoms with E-state index in [1.807, 2.05) is 0 Å². The molecule has 0 bridgehead atoms. The van der Waals surface area contributed by atoms with E-state index in [4.69, 9.17) is 0 Å². The summed E-state index contributed by atoms with van der Waals surface area (Å²) >= 11 is 0. The van der Waals surface area contributed by atoms with Crippen molar-refractivity contribution in [3.8, 4) is 0 Å². The highest BCUT2D eigenvalue weighted by molar-refractivity contribution is 5.53. The van der Waals surface area contributed by atoms with Crippen molar-refractivity contribution in [1.82, 2.24) is 0 Å². The zero-order chi connectivity index (χ0) is 14.7. The lowest BCUT2D eigenvalue weighted by atomic mass is 9.60. The molecule has 3 rings (SSSR count). The maximum atomic E-state index is 10.9. The van der Waals surface area contributed by atoms with Crippen molar-refractivity contribution in [2.75, 3.05) is 0 Å². The molecule has 1 nitrogen and oxygen atoms in total. The summed E-state index contributed by atoms with van der Waals surface area (Å²) in [7, 11) is 0. The molecule has 3 aliphatic rings. The molecule has 0 amide bonds. The standard InChI is InChI=1S/C20H34O/c1-2-3-15-4-9-20-13-19(11-10-18(20)12-15)17-7-5-16(14-21)6-8-17/h14-20H,2-13H2,1H3/t15?,16-,17-,18-,19?,20+/m0/s1. The Labute approximate surface area is 131 Å². The van der Waals surface area contributed by atoms with E-state index in [-0.39, 0.29) is 0 Å². The van der Waals surface area contributed by atoms with Gasteiger partial charge in [0, 0.05) is 5.92 Å². The molecule has 0 radical (unpaired) electrons. The monoisotopic (exact) mass is 290 g/mol. The summed E-state index contributed by atoms with van der Waals surface area (Å²) in [5.41, 5.74) is 0. The number of rotatable bonds is 4. The van der Waals surface area contributed by atoms with Crippen molar-refractivity contribution < 1.29 is 4.79 Å². The molecular formula is C20H34O. The Morgan fingerprint density at radius 2 is 1.33 bits per heavy atom. The van der Waals surface area contributed by atoms with Gasteiger partial charge in [0.05, 0.1) is 0 Å². The summed E-state index contributed by atoms with van der Waals surface area (Å²) in [6, 6.07) is 0. The summed E-state index contributed by atoms with van der Waals surface area (Å²) in [5, 5.41) is 0. The summed E-state index contributed by atoms with van der Waals surface area (Å²) in [5.74, 6) is 5.52. The van der Waals surface area contributed by atoms with E-state index < -0.39 is 0 Å². The summed E-state index contributed by atoms with van der Waals surface area (Å²) in [6.45, 7) is 2.35. The third kappa shape index (κ3) is 3.71. The van der Waals surface area contributed by atoms with Crippen molar-refractivity contribution in [3.05, 3.63) is 0 Å². The van der Waals surface area contributed by atoms with Crippen LogP contribution in [-0.4, -0.2) is 6.29 Å². The van der Waals surface area contributed by atoms with Gasteiger partial charge in [0.2, 0.25) is 0 Å². The molecule has 0 spiro atoms. The van der Waals surface area contributed by atoms with E-state index in [2.05, 4.69) is 6.92 Å². The first kappa shape index (κ1) is 15.6. The van der Waals surface area contributed by atoms with Gasteiger partial charge in [-0.1, -0.05) is 26.2 Å². The minimum absolute atomic E-state index is 0.391. The Bertz CT molecular complexity index is 329. The van der Waals surface area contributed by atoms with E-state index in [0.29, 0.717) is 5.92 Å². The normalized spacial score (nSPS) is 44.0. The van der Waals surface area contributed by atoms with Crippen molar-refractivity contribution >= 4 is 6.29 Å². The number of carbonyl (C=O) groups is 1. The lowest BCUT2D eigenvalue weighted by molar-refractivity contribution is -0.112. The van der Waals surface area contributed by atoms with E-state index >= 15 is 0 Å². The fraction of sp³-hybridized carbons (Fsp3) is 0.950. The van der Waals surface area contributed by atoms with Gasteiger partial charge < -0.3 is 4.79 Å². The Morgan fingerprint density at radius 1 is 0.762 bits per heavy atom. The highest BCUT2D eigenvalue weighted by Crippen LogP contribution is 2.49. The van der Waals surface area contributed by atoms with Crippen LogP contribution in [0.25, 0.3) is 0 Å². The van der Waals surface area contributed by atoms with Crippen LogP contribution in [0.4, 0.5) is 0 Å². The number of carbonyl (C=O) groups excluding carboxylic acids is 1. The predicted octanol–water partition coefficient (Wildman–Crippen LogP) is 5.62. The van der Waals surface area contributed by atoms with Crippen LogP contribution in [0.5, 0.6) is 0 Å². The zero-order valence-corrected chi connectivity index (χ0v) is 13.9. The molecule has 3 saturated carbocycles. The molecule has 0 aromatic rings. The average molecular weight is 290 g/mol. The molecule has 0 heterocycles. The number of hydrogen-bond acceptors (Lipinski definition) is 1. The van der Waals surface area contributed by atoms with Crippen LogP contribution in [0, 0.1) is 35.5 Å². The Balaban J connectivity index is 1.48. The third-order valence-electron chi connectivity index (χ3n) is 7.13. The number of fused-ring (bicyclic) bond motifs is 1. The summed E-state index contributed by atoms with van der Waals surface area (Å²) in [6.07, 6.45) is 18.2. The fourth-order valence-corrected chi connectivity index (χ4v) is 5.87. The Kier molecular flexibility index (Phi) is 5.40. The molecule has 0 aromatic heterocycles. The molecule has 1 heteroatoms. The second kappa shape index (κ2) is 7.29. The van der Waals surface area contributed by atoms with Crippen LogP contribution in [0.15, 0.2) is 0 Å². The Morgan fingerprint density at radius 3 is 2.00 bits per heavy atom. The first-order valence-corrected chi connectivity index (χ1v) is 9.75. The van der Waals surface area contributed by atoms with Crippen LogP contribution in [0.1, 0.15) is 84.0 Å². The number of aldehydes is 1. The van der Waals surface area contributed by atoms with Crippen molar-refractivity contribution in [1.29, 1.82) is 0 Å². The van der Waals surface area contributed by atoms with E-state index in [0.717, 1.165) is 29.6 Å². The first-order valence-electron chi connectivity index (χ1n) is 9.75. The van der Waals surface area contributed by atoms with Crippen molar-refractivity contribution in [3.63, 3.8) is 0 Å². The molecule has 2 unspecified atom stereocenters. The predicted molar refractivity (Wildman–Crippen MR) is 88.1 cm³/mol. The molecule has 4 atom stereocenters. The zero-order valence-electron chi connectivity index (χ0n) is 13.9. The molecule has 3 fully saturated rings. The molecule has 0 N–H and O–H groups in total. The van der Waals surface area contributed by atoms with Gasteiger partial charge in [-0.2, -0.15) is 0 Å². The summed E-state index contributed by atoms with van der Waals surface area (Å²) < 4.78 is 0. The van der Waals surface area contributed by atoms with Crippen LogP contribution < -0.4 is 0 Å². The molecule has 120 valence electrons. The van der Waals surface area contributed by atoms with Gasteiger partial charge in [0.1, 0.15) is 6.29 Å². The second-order valence-corrected chi connectivity index (χ2v) is 8.37. The van der Waals surface area contributed by atoms with Gasteiger partial charge in [0.15, 0.2) is 0 Å². The minimum Gasteiger partial charge on any atom is -0.303 e. The first-order chi connectivity index (χ1) is 10.3. The van der Waals surface area contributed by atoms with Gasteiger partial charge in [-0.15, -0.1) is 0 Å². The van der Waals surface area contributed by atoms with Crippen molar-refractivity contribution in [2.45, 2.75) is 84.0 Å². The SMILES string of the molecule is CCCC1CC[C@@H]2CC([C@H]3CC[C@H](C=O)CC3)CC[C@H]2C1. The minimum atomic E-state index is 0.391. The number of hydrogen-bond donors (Lipinski definition) is 0. The molecule has 21 heavy (non-hydrogen) atoms. The van der Waals surface area contributed by atoms with Crippen molar-refractivity contribution in [2.24, 2.45) is 35.5 Å². The third-order valence-corrected chi connectivity index (χ3v) is 7.13. The second-order valence-electron chi connectivity index (χ2n) is 8.37. The lowest BCUT2D eigenvalue weighted by Crippen LogP contribution is -2.34. The van der Waals surface area contributed by atoms with Crippen LogP contribution >= 0.6 is 0 Å². The summed E-state index contributed by atoms with van der Waals surface area (Å²) in [4.78, 5) is 10.9. The maximum absolute atomic E-state index is 10.9. The largest absolute Gasteiger partial charge is 0.303 e. The molecular weight excluding hydrogens is 256 g/mol. The molecule has 3 aliphatic carbocycles. The van der Waals surface area contributed by atoms with Gasteiger partial charge >= 0.3 is 0 Å². The lowest BCUT2D eigenvalue weighted by Gasteiger charge is -2.45.